The molecule has 0 saturated carbocycles. The highest BCUT2D eigenvalue weighted by molar-refractivity contribution is 5.74. The normalized spacial score (nSPS) is 11.2. The van der Waals surface area contributed by atoms with Crippen molar-refractivity contribution in [3.8, 4) is 0 Å². The molecule has 0 aromatic heterocycles. The molecule has 0 radical (unpaired) electrons. The number of rotatable bonds is 4. The average molecular weight is 186 g/mol. The van der Waals surface area contributed by atoms with E-state index in [9.17, 15) is 4.79 Å². The fourth-order valence-electron chi connectivity index (χ4n) is 1.13. The molecule has 72 valence electrons. The van der Waals surface area contributed by atoms with Crippen molar-refractivity contribution >= 4 is 6.29 Å². The first kappa shape index (κ1) is 10.5. The molecule has 14 heavy (non-hydrogen) atoms. The molecule has 0 aliphatic rings. The van der Waals surface area contributed by atoms with Crippen molar-refractivity contribution in [1.82, 2.24) is 0 Å². The van der Waals surface area contributed by atoms with Crippen molar-refractivity contribution in [2.75, 3.05) is 0 Å². The van der Waals surface area contributed by atoms with Crippen molar-refractivity contribution in [3.05, 3.63) is 59.7 Å². The molecule has 1 heteroatoms. The van der Waals surface area contributed by atoms with E-state index in [1.807, 2.05) is 49.4 Å². The Morgan fingerprint density at radius 2 is 1.86 bits per heavy atom. The summed E-state index contributed by atoms with van der Waals surface area (Å²) in [5.41, 5.74) is 1.95. The molecule has 1 rings (SSSR count). The van der Waals surface area contributed by atoms with Gasteiger partial charge in [-0.25, -0.2) is 0 Å². The summed E-state index contributed by atoms with van der Waals surface area (Å²) in [4.78, 5) is 10.4. The number of aldehydes is 1. The van der Waals surface area contributed by atoms with Gasteiger partial charge in [0.15, 0.2) is 0 Å². The highest BCUT2D eigenvalue weighted by atomic mass is 16.1. The molecule has 0 heterocycles. The number of hydrogen-bond donors (Lipinski definition) is 0. The van der Waals surface area contributed by atoms with Crippen LogP contribution in [0.1, 0.15) is 22.8 Å². The zero-order chi connectivity index (χ0) is 10.2. The molecule has 0 spiro atoms. The van der Waals surface area contributed by atoms with Gasteiger partial charge in [-0.05, 0) is 18.9 Å². The van der Waals surface area contributed by atoms with E-state index < -0.39 is 0 Å². The minimum Gasteiger partial charge on any atom is -0.298 e. The van der Waals surface area contributed by atoms with Crippen molar-refractivity contribution in [2.24, 2.45) is 0 Å². The van der Waals surface area contributed by atoms with Crippen LogP contribution in [0.5, 0.6) is 0 Å². The standard InChI is InChI=1S/C13H14O/c1-2-3-4-5-6-12-7-9-13(11-14)10-8-12/h2-5,7-11H,6H2,1H3/b3-2-,5-4-. The van der Waals surface area contributed by atoms with Crippen LogP contribution in [-0.4, -0.2) is 6.29 Å². The van der Waals surface area contributed by atoms with E-state index >= 15 is 0 Å². The molecule has 0 aliphatic heterocycles. The molecular formula is C13H14O. The van der Waals surface area contributed by atoms with Gasteiger partial charge in [-0.15, -0.1) is 0 Å². The van der Waals surface area contributed by atoms with Gasteiger partial charge >= 0.3 is 0 Å². The lowest BCUT2D eigenvalue weighted by atomic mass is 10.1. The molecule has 1 aromatic carbocycles. The molecule has 0 aliphatic carbocycles. The fraction of sp³-hybridized carbons (Fsp3) is 0.154. The van der Waals surface area contributed by atoms with Crippen LogP contribution >= 0.6 is 0 Å². The zero-order valence-electron chi connectivity index (χ0n) is 8.31. The monoisotopic (exact) mass is 186 g/mol. The van der Waals surface area contributed by atoms with Gasteiger partial charge in [0, 0.05) is 5.56 Å². The first-order valence-corrected chi connectivity index (χ1v) is 4.68. The van der Waals surface area contributed by atoms with Crippen molar-refractivity contribution in [2.45, 2.75) is 13.3 Å². The quantitative estimate of drug-likeness (QED) is 0.521. The van der Waals surface area contributed by atoms with Crippen LogP contribution in [0.15, 0.2) is 48.6 Å². The maximum Gasteiger partial charge on any atom is 0.150 e. The zero-order valence-corrected chi connectivity index (χ0v) is 8.31. The SMILES string of the molecule is C/C=C\C=C/Cc1ccc(C=O)cc1. The Labute approximate surface area is 84.8 Å². The van der Waals surface area contributed by atoms with Crippen LogP contribution in [0.3, 0.4) is 0 Å². The molecule has 0 amide bonds. The Morgan fingerprint density at radius 3 is 2.43 bits per heavy atom. The van der Waals surface area contributed by atoms with Crippen molar-refractivity contribution in [3.63, 3.8) is 0 Å². The van der Waals surface area contributed by atoms with Crippen LogP contribution in [0, 0.1) is 0 Å². The van der Waals surface area contributed by atoms with Gasteiger partial charge in [0.05, 0.1) is 0 Å². The molecule has 1 nitrogen and oxygen atoms in total. The maximum absolute atomic E-state index is 10.4. The first-order valence-electron chi connectivity index (χ1n) is 4.68. The second-order valence-corrected chi connectivity index (χ2v) is 3.02. The van der Waals surface area contributed by atoms with E-state index in [2.05, 4.69) is 6.08 Å². The maximum atomic E-state index is 10.4. The Kier molecular flexibility index (Phi) is 4.42. The molecular weight excluding hydrogens is 172 g/mol. The van der Waals surface area contributed by atoms with Crippen LogP contribution < -0.4 is 0 Å². The predicted molar refractivity (Wildman–Crippen MR) is 59.5 cm³/mol. The predicted octanol–water partition coefficient (Wildman–Crippen LogP) is 3.17. The third kappa shape index (κ3) is 3.40. The minimum absolute atomic E-state index is 0.728. The molecule has 0 unspecified atom stereocenters. The van der Waals surface area contributed by atoms with E-state index in [0.29, 0.717) is 0 Å². The topological polar surface area (TPSA) is 17.1 Å². The van der Waals surface area contributed by atoms with Crippen LogP contribution in [-0.2, 0) is 6.42 Å². The minimum atomic E-state index is 0.728. The highest BCUT2D eigenvalue weighted by Crippen LogP contribution is 2.03. The lowest BCUT2D eigenvalue weighted by Crippen LogP contribution is -1.83. The second kappa shape index (κ2) is 5.92. The van der Waals surface area contributed by atoms with E-state index in [1.54, 1.807) is 0 Å². The Balaban J connectivity index is 2.55. The first-order chi connectivity index (χ1) is 6.86. The van der Waals surface area contributed by atoms with Gasteiger partial charge in [0.2, 0.25) is 0 Å². The van der Waals surface area contributed by atoms with E-state index in [0.717, 1.165) is 18.3 Å². The summed E-state index contributed by atoms with van der Waals surface area (Å²) in [6, 6.07) is 7.63. The largest absolute Gasteiger partial charge is 0.298 e. The number of benzene rings is 1. The Hall–Kier alpha value is -1.63. The fourth-order valence-corrected chi connectivity index (χ4v) is 1.13. The summed E-state index contributed by atoms with van der Waals surface area (Å²) in [6.07, 6.45) is 9.87. The molecule has 0 atom stereocenters. The van der Waals surface area contributed by atoms with Crippen molar-refractivity contribution < 1.29 is 4.79 Å². The summed E-state index contributed by atoms with van der Waals surface area (Å²) in [6.45, 7) is 1.99. The van der Waals surface area contributed by atoms with Crippen molar-refractivity contribution in [1.29, 1.82) is 0 Å². The molecule has 0 saturated heterocycles. The van der Waals surface area contributed by atoms with Gasteiger partial charge < -0.3 is 0 Å². The van der Waals surface area contributed by atoms with Crippen LogP contribution in [0.4, 0.5) is 0 Å². The second-order valence-electron chi connectivity index (χ2n) is 3.02. The summed E-state index contributed by atoms with van der Waals surface area (Å²) < 4.78 is 0. The van der Waals surface area contributed by atoms with Gasteiger partial charge in [-0.3, -0.25) is 4.79 Å². The smallest absolute Gasteiger partial charge is 0.150 e. The van der Waals surface area contributed by atoms with Gasteiger partial charge in [0.25, 0.3) is 0 Å². The number of carbonyl (C=O) groups excluding carboxylic acids is 1. The number of hydrogen-bond acceptors (Lipinski definition) is 1. The molecule has 0 N–H and O–H groups in total. The van der Waals surface area contributed by atoms with Gasteiger partial charge in [-0.2, -0.15) is 0 Å². The number of carbonyl (C=O) groups is 1. The van der Waals surface area contributed by atoms with Gasteiger partial charge in [-0.1, -0.05) is 48.6 Å². The van der Waals surface area contributed by atoms with E-state index in [-0.39, 0.29) is 0 Å². The summed E-state index contributed by atoms with van der Waals surface area (Å²) in [7, 11) is 0. The van der Waals surface area contributed by atoms with Crippen LogP contribution in [0.25, 0.3) is 0 Å². The average Bonchev–Trinajstić information content (AvgIpc) is 2.25. The molecule has 1 aromatic rings. The highest BCUT2D eigenvalue weighted by Gasteiger charge is 1.90. The summed E-state index contributed by atoms with van der Waals surface area (Å²) in [5, 5.41) is 0. The molecule has 0 fully saturated rings. The summed E-state index contributed by atoms with van der Waals surface area (Å²) >= 11 is 0. The third-order valence-electron chi connectivity index (χ3n) is 1.91. The summed E-state index contributed by atoms with van der Waals surface area (Å²) in [5.74, 6) is 0. The Bertz CT molecular complexity index is 331. The Morgan fingerprint density at radius 1 is 1.14 bits per heavy atom. The van der Waals surface area contributed by atoms with E-state index in [4.69, 9.17) is 0 Å². The lowest BCUT2D eigenvalue weighted by molar-refractivity contribution is 0.112. The number of allylic oxidation sites excluding steroid dienone is 4. The van der Waals surface area contributed by atoms with Crippen LogP contribution in [0.2, 0.25) is 0 Å². The van der Waals surface area contributed by atoms with E-state index in [1.165, 1.54) is 5.56 Å². The lowest BCUT2D eigenvalue weighted by Gasteiger charge is -1.95. The van der Waals surface area contributed by atoms with Gasteiger partial charge in [0.1, 0.15) is 6.29 Å². The molecule has 0 bridgehead atoms. The third-order valence-corrected chi connectivity index (χ3v) is 1.91.